The van der Waals surface area contributed by atoms with Crippen molar-refractivity contribution in [1.29, 1.82) is 5.26 Å². The van der Waals surface area contributed by atoms with Crippen molar-refractivity contribution < 1.29 is 8.54 Å². The highest BCUT2D eigenvalue weighted by atomic mass is 28.4. The van der Waals surface area contributed by atoms with Crippen LogP contribution in [0.4, 0.5) is 0 Å². The van der Waals surface area contributed by atoms with Crippen LogP contribution < -0.4 is 0 Å². The Bertz CT molecular complexity index is 190. The molecule has 0 radical (unpaired) electrons. The summed E-state index contributed by atoms with van der Waals surface area (Å²) < 4.78 is 26.1. The number of rotatable bonds is 2. The average molecular weight is 146 g/mol. The molecule has 0 spiro atoms. The maximum Gasteiger partial charge on any atom is 0.185 e. The normalized spacial score (nSPS) is 20.9. The molecule has 0 saturated carbocycles. The molecule has 0 aliphatic carbocycles. The van der Waals surface area contributed by atoms with Gasteiger partial charge in [-0.3, -0.25) is 0 Å². The lowest BCUT2D eigenvalue weighted by atomic mass is 10.5. The second kappa shape index (κ2) is 2.99. The summed E-state index contributed by atoms with van der Waals surface area (Å²) in [4.78, 5) is 0. The molecule has 0 aromatic carbocycles. The van der Waals surface area contributed by atoms with Crippen LogP contribution in [0.2, 0.25) is 19.6 Å². The van der Waals surface area contributed by atoms with Crippen molar-refractivity contribution >= 4 is 8.32 Å². The second-order valence-corrected chi connectivity index (χ2v) is 7.20. The van der Waals surface area contributed by atoms with Gasteiger partial charge >= 0.3 is 0 Å². The zero-order valence-corrected chi connectivity index (χ0v) is 6.93. The first-order chi connectivity index (χ1) is 5.17. The predicted octanol–water partition coefficient (Wildman–Crippen LogP) is 1.75. The summed E-state index contributed by atoms with van der Waals surface area (Å²) in [7, 11) is -1.93. The van der Waals surface area contributed by atoms with E-state index in [-0.39, 0.29) is 0 Å². The minimum absolute atomic E-state index is 1.27. The van der Waals surface area contributed by atoms with E-state index >= 15 is 0 Å². The van der Waals surface area contributed by atoms with E-state index in [9.17, 15) is 0 Å². The summed E-state index contributed by atoms with van der Waals surface area (Å²) in [5.74, 6) is 0. The van der Waals surface area contributed by atoms with E-state index in [0.717, 1.165) is 0 Å². The quantitative estimate of drug-likeness (QED) is 0.556. The van der Waals surface area contributed by atoms with E-state index < -0.39 is 21.3 Å². The van der Waals surface area contributed by atoms with Crippen LogP contribution in [0.15, 0.2) is 0 Å². The molecule has 0 bridgehead atoms. The van der Waals surface area contributed by atoms with Crippen molar-refractivity contribution in [3.63, 3.8) is 0 Å². The Kier molecular flexibility index (Phi) is 1.49. The SMILES string of the molecule is [2H]C([2H])([2H])C(C#N)O[Si](C)(C)C. The molecule has 0 amide bonds. The summed E-state index contributed by atoms with van der Waals surface area (Å²) in [6.45, 7) is 3.23. The molecule has 9 heavy (non-hydrogen) atoms. The Morgan fingerprint density at radius 1 is 1.67 bits per heavy atom. The fourth-order valence-electron chi connectivity index (χ4n) is 0.380. The molecule has 0 aliphatic rings. The van der Waals surface area contributed by atoms with Gasteiger partial charge in [0.1, 0.15) is 6.10 Å². The van der Waals surface area contributed by atoms with Gasteiger partial charge in [-0.05, 0) is 26.5 Å². The van der Waals surface area contributed by atoms with Crippen LogP contribution in [0.5, 0.6) is 0 Å². The van der Waals surface area contributed by atoms with E-state index in [4.69, 9.17) is 13.8 Å². The molecule has 2 nitrogen and oxygen atoms in total. The summed E-state index contributed by atoms with van der Waals surface area (Å²) >= 11 is 0. The Balaban J connectivity index is 4.33. The minimum atomic E-state index is -2.32. The molecule has 1 unspecified atom stereocenters. The third-order valence-corrected chi connectivity index (χ3v) is 1.53. The van der Waals surface area contributed by atoms with Gasteiger partial charge in [0.25, 0.3) is 0 Å². The molecular formula is C6H13NOSi. The summed E-state index contributed by atoms with van der Waals surface area (Å²) in [5.41, 5.74) is 0. The zero-order chi connectivity index (χ0) is 9.99. The van der Waals surface area contributed by atoms with Crippen molar-refractivity contribution in [3.8, 4) is 6.07 Å². The Morgan fingerprint density at radius 2 is 2.22 bits per heavy atom. The number of nitriles is 1. The molecule has 3 heteroatoms. The molecule has 0 heterocycles. The summed E-state index contributed by atoms with van der Waals surface area (Å²) in [5, 5.41) is 8.51. The maximum atomic E-state index is 8.51. The lowest BCUT2D eigenvalue weighted by molar-refractivity contribution is 0.269. The van der Waals surface area contributed by atoms with Gasteiger partial charge in [0.05, 0.1) is 6.07 Å². The minimum Gasteiger partial charge on any atom is -0.402 e. The Labute approximate surface area is 61.8 Å². The molecule has 52 valence electrons. The molecule has 0 aromatic heterocycles. The fourth-order valence-corrected chi connectivity index (χ4v) is 1.14. The monoisotopic (exact) mass is 146 g/mol. The summed E-state index contributed by atoms with van der Waals surface area (Å²) in [6.07, 6.45) is -1.27. The fraction of sp³-hybridized carbons (Fsp3) is 0.833. The Hall–Kier alpha value is -0.333. The van der Waals surface area contributed by atoms with Crippen LogP contribution in [0, 0.1) is 11.3 Å². The zero-order valence-electron chi connectivity index (χ0n) is 8.93. The predicted molar refractivity (Wildman–Crippen MR) is 39.5 cm³/mol. The third kappa shape index (κ3) is 5.54. The summed E-state index contributed by atoms with van der Waals surface area (Å²) in [6, 6.07) is 1.65. The smallest absolute Gasteiger partial charge is 0.185 e. The van der Waals surface area contributed by atoms with Gasteiger partial charge in [0, 0.05) is 4.11 Å². The molecule has 0 fully saturated rings. The van der Waals surface area contributed by atoms with Crippen LogP contribution in [0.3, 0.4) is 0 Å². The van der Waals surface area contributed by atoms with Crippen LogP contribution in [0.1, 0.15) is 11.0 Å². The van der Waals surface area contributed by atoms with Crippen molar-refractivity contribution in [3.05, 3.63) is 0 Å². The van der Waals surface area contributed by atoms with Crippen molar-refractivity contribution in [2.75, 3.05) is 0 Å². The highest BCUT2D eigenvalue weighted by Gasteiger charge is 2.17. The largest absolute Gasteiger partial charge is 0.402 e. The van der Waals surface area contributed by atoms with Gasteiger partial charge < -0.3 is 4.43 Å². The molecule has 0 aliphatic heterocycles. The maximum absolute atomic E-state index is 8.51. The van der Waals surface area contributed by atoms with Crippen LogP contribution in [0.25, 0.3) is 0 Å². The highest BCUT2D eigenvalue weighted by molar-refractivity contribution is 6.69. The van der Waals surface area contributed by atoms with Gasteiger partial charge in [-0.25, -0.2) is 0 Å². The molecule has 0 N–H and O–H groups in total. The lowest BCUT2D eigenvalue weighted by Crippen LogP contribution is -2.29. The van der Waals surface area contributed by atoms with Gasteiger partial charge in [-0.1, -0.05) is 0 Å². The molecular weight excluding hydrogens is 130 g/mol. The van der Waals surface area contributed by atoms with Gasteiger partial charge in [0.2, 0.25) is 0 Å². The van der Waals surface area contributed by atoms with Gasteiger partial charge in [-0.2, -0.15) is 5.26 Å². The van der Waals surface area contributed by atoms with Gasteiger partial charge in [0.15, 0.2) is 8.32 Å². The topological polar surface area (TPSA) is 33.0 Å². The molecule has 0 aromatic rings. The Morgan fingerprint density at radius 3 is 2.33 bits per heavy atom. The number of hydrogen-bond acceptors (Lipinski definition) is 2. The van der Waals surface area contributed by atoms with Crippen LogP contribution in [-0.2, 0) is 4.43 Å². The molecule has 1 atom stereocenters. The second-order valence-electron chi connectivity index (χ2n) is 2.74. The first kappa shape index (κ1) is 4.48. The van der Waals surface area contributed by atoms with Gasteiger partial charge in [-0.15, -0.1) is 0 Å². The first-order valence-corrected chi connectivity index (χ1v) is 6.15. The van der Waals surface area contributed by atoms with Crippen molar-refractivity contribution in [1.82, 2.24) is 0 Å². The van der Waals surface area contributed by atoms with E-state index in [1.807, 2.05) is 19.6 Å². The van der Waals surface area contributed by atoms with E-state index in [2.05, 4.69) is 0 Å². The van der Waals surface area contributed by atoms with Crippen LogP contribution >= 0.6 is 0 Å². The standard InChI is InChI=1S/C6H13NOSi/c1-6(5-7)8-9(2,3)4/h6H,1-4H3/i1D3. The van der Waals surface area contributed by atoms with Crippen molar-refractivity contribution in [2.24, 2.45) is 0 Å². The number of hydrogen-bond donors (Lipinski definition) is 0. The molecule has 0 rings (SSSR count). The van der Waals surface area contributed by atoms with E-state index in [0.29, 0.717) is 0 Å². The van der Waals surface area contributed by atoms with Crippen LogP contribution in [-0.4, -0.2) is 14.4 Å². The van der Waals surface area contributed by atoms with Crippen molar-refractivity contribution in [2.45, 2.75) is 32.6 Å². The van der Waals surface area contributed by atoms with E-state index in [1.165, 1.54) is 0 Å². The molecule has 0 saturated heterocycles. The lowest BCUT2D eigenvalue weighted by Gasteiger charge is -2.18. The number of nitrogens with zero attached hydrogens (tertiary/aromatic N) is 1. The van der Waals surface area contributed by atoms with E-state index in [1.54, 1.807) is 6.07 Å². The average Bonchev–Trinajstić information content (AvgIpc) is 1.78. The third-order valence-electron chi connectivity index (χ3n) is 0.589. The highest BCUT2D eigenvalue weighted by Crippen LogP contribution is 2.05. The first-order valence-electron chi connectivity index (χ1n) is 4.24.